The lowest BCUT2D eigenvalue weighted by Gasteiger charge is -2.14. The van der Waals surface area contributed by atoms with Crippen molar-refractivity contribution in [2.24, 2.45) is 5.73 Å². The number of methoxy groups -OCH3 is 3. The molecule has 2 aromatic carbocycles. The van der Waals surface area contributed by atoms with Crippen LogP contribution in [0.2, 0.25) is 0 Å². The largest absolute Gasteiger partial charge is 0.496 e. The second-order valence-electron chi connectivity index (χ2n) is 6.32. The molecule has 3 N–H and O–H groups in total. The molecule has 156 valence electrons. The van der Waals surface area contributed by atoms with Crippen LogP contribution in [0.4, 0.5) is 5.69 Å². The first kappa shape index (κ1) is 20.8. The zero-order valence-corrected chi connectivity index (χ0v) is 16.9. The van der Waals surface area contributed by atoms with Crippen molar-refractivity contribution >= 4 is 17.5 Å². The highest BCUT2D eigenvalue weighted by Crippen LogP contribution is 2.35. The van der Waals surface area contributed by atoms with Gasteiger partial charge in [0.2, 0.25) is 0 Å². The highest BCUT2D eigenvalue weighted by Gasteiger charge is 2.18. The summed E-state index contributed by atoms with van der Waals surface area (Å²) in [7, 11) is 4.66. The number of hydrogen-bond donors (Lipinski definition) is 2. The summed E-state index contributed by atoms with van der Waals surface area (Å²) in [6, 6.07) is 13.2. The number of nitrogens with two attached hydrogens (primary N) is 1. The lowest BCUT2D eigenvalue weighted by atomic mass is 10.1. The molecule has 3 rings (SSSR count). The van der Waals surface area contributed by atoms with Crippen molar-refractivity contribution in [2.75, 3.05) is 26.6 Å². The molecule has 3 aromatic rings. The Labute approximate surface area is 173 Å². The fourth-order valence-corrected chi connectivity index (χ4v) is 3.01. The molecule has 0 atom stereocenters. The predicted molar refractivity (Wildman–Crippen MR) is 111 cm³/mol. The van der Waals surface area contributed by atoms with E-state index in [-0.39, 0.29) is 11.3 Å². The molecule has 0 saturated carbocycles. The second-order valence-corrected chi connectivity index (χ2v) is 6.32. The van der Waals surface area contributed by atoms with Crippen LogP contribution in [0.3, 0.4) is 0 Å². The number of nitrogens with one attached hydrogen (secondary N) is 1. The van der Waals surface area contributed by atoms with Gasteiger partial charge < -0.3 is 29.7 Å². The molecule has 0 aliphatic carbocycles. The van der Waals surface area contributed by atoms with Gasteiger partial charge in [0, 0.05) is 24.1 Å². The normalized spacial score (nSPS) is 10.4. The molecule has 2 amide bonds. The maximum atomic E-state index is 12.6. The molecule has 0 aliphatic heterocycles. The highest BCUT2D eigenvalue weighted by atomic mass is 16.5. The summed E-state index contributed by atoms with van der Waals surface area (Å²) in [6.07, 6.45) is 0.335. The van der Waals surface area contributed by atoms with Crippen LogP contribution >= 0.6 is 0 Å². The van der Waals surface area contributed by atoms with Gasteiger partial charge in [-0.15, -0.1) is 0 Å². The summed E-state index contributed by atoms with van der Waals surface area (Å²) >= 11 is 0. The van der Waals surface area contributed by atoms with Gasteiger partial charge in [-0.1, -0.05) is 12.1 Å². The number of carbonyl (C=O) groups excluding carboxylic acids is 2. The number of anilines is 1. The minimum absolute atomic E-state index is 0.0933. The summed E-state index contributed by atoms with van der Waals surface area (Å²) in [6.45, 7) is 0. The maximum Gasteiger partial charge on any atom is 0.291 e. The van der Waals surface area contributed by atoms with Gasteiger partial charge in [0.15, 0.2) is 5.76 Å². The fraction of sp³-hybridized carbons (Fsp3) is 0.182. The monoisotopic (exact) mass is 410 g/mol. The molecule has 0 bridgehead atoms. The van der Waals surface area contributed by atoms with Crippen LogP contribution in [-0.4, -0.2) is 33.1 Å². The van der Waals surface area contributed by atoms with E-state index in [0.717, 1.165) is 5.56 Å². The molecule has 8 nitrogen and oxygen atoms in total. The Morgan fingerprint density at radius 3 is 2.23 bits per heavy atom. The van der Waals surface area contributed by atoms with E-state index in [9.17, 15) is 9.59 Å². The van der Waals surface area contributed by atoms with Gasteiger partial charge in [0.25, 0.3) is 11.8 Å². The van der Waals surface area contributed by atoms with Crippen LogP contribution < -0.4 is 25.3 Å². The van der Waals surface area contributed by atoms with E-state index in [0.29, 0.717) is 35.1 Å². The van der Waals surface area contributed by atoms with Crippen LogP contribution in [0.5, 0.6) is 17.2 Å². The SMILES string of the molecule is COc1cc(OC)c(Cc2ccc(C(=O)Nc3ccccc3C(N)=O)o2)c(OC)c1. The average Bonchev–Trinajstić information content (AvgIpc) is 3.22. The Hall–Kier alpha value is -3.94. The van der Waals surface area contributed by atoms with Gasteiger partial charge >= 0.3 is 0 Å². The third kappa shape index (κ3) is 4.38. The van der Waals surface area contributed by atoms with Crippen molar-refractivity contribution in [1.82, 2.24) is 0 Å². The van der Waals surface area contributed by atoms with Crippen LogP contribution in [-0.2, 0) is 6.42 Å². The van der Waals surface area contributed by atoms with Crippen molar-refractivity contribution in [1.29, 1.82) is 0 Å². The maximum absolute atomic E-state index is 12.6. The van der Waals surface area contributed by atoms with Crippen LogP contribution in [0.15, 0.2) is 52.9 Å². The second kappa shape index (κ2) is 9.04. The van der Waals surface area contributed by atoms with E-state index in [1.807, 2.05) is 0 Å². The Kier molecular flexibility index (Phi) is 6.26. The zero-order valence-electron chi connectivity index (χ0n) is 16.9. The highest BCUT2D eigenvalue weighted by molar-refractivity contribution is 6.07. The number of benzene rings is 2. The van der Waals surface area contributed by atoms with Crippen molar-refractivity contribution in [3.63, 3.8) is 0 Å². The fourth-order valence-electron chi connectivity index (χ4n) is 3.01. The molecule has 8 heteroatoms. The molecule has 30 heavy (non-hydrogen) atoms. The summed E-state index contributed by atoms with van der Waals surface area (Å²) in [5, 5.41) is 2.65. The molecule has 0 fully saturated rings. The summed E-state index contributed by atoms with van der Waals surface area (Å²) in [5.41, 5.74) is 6.62. The average molecular weight is 410 g/mol. The van der Waals surface area contributed by atoms with Gasteiger partial charge in [-0.05, 0) is 24.3 Å². The van der Waals surface area contributed by atoms with E-state index in [2.05, 4.69) is 5.32 Å². The van der Waals surface area contributed by atoms with Gasteiger partial charge in [-0.25, -0.2) is 0 Å². The minimum atomic E-state index is -0.635. The Balaban J connectivity index is 1.82. The minimum Gasteiger partial charge on any atom is -0.496 e. The lowest BCUT2D eigenvalue weighted by Crippen LogP contribution is -2.17. The smallest absolute Gasteiger partial charge is 0.291 e. The summed E-state index contributed by atoms with van der Waals surface area (Å²) < 4.78 is 21.9. The van der Waals surface area contributed by atoms with E-state index in [1.165, 1.54) is 6.07 Å². The van der Waals surface area contributed by atoms with E-state index < -0.39 is 11.8 Å². The standard InChI is InChI=1S/C22H22N2O6/c1-27-14-11-19(28-2)16(20(12-14)29-3)10-13-8-9-18(30-13)22(26)24-17-7-5-4-6-15(17)21(23)25/h4-9,11-12H,10H2,1-3H3,(H2,23,25)(H,24,26). The molecule has 0 unspecified atom stereocenters. The molecular formula is C22H22N2O6. The molecule has 0 spiro atoms. The first-order chi connectivity index (χ1) is 14.5. The predicted octanol–water partition coefficient (Wildman–Crippen LogP) is 3.25. The number of primary amides is 1. The summed E-state index contributed by atoms with van der Waals surface area (Å²) in [5.74, 6) is 1.24. The van der Waals surface area contributed by atoms with Gasteiger partial charge in [0.05, 0.1) is 32.6 Å². The molecular weight excluding hydrogens is 388 g/mol. The number of carbonyl (C=O) groups is 2. The zero-order chi connectivity index (χ0) is 21.7. The third-order valence-electron chi connectivity index (χ3n) is 4.49. The third-order valence-corrected chi connectivity index (χ3v) is 4.49. The molecule has 1 aromatic heterocycles. The molecule has 1 heterocycles. The number of furan rings is 1. The number of para-hydroxylation sites is 1. The topological polar surface area (TPSA) is 113 Å². The molecule has 0 radical (unpaired) electrons. The van der Waals surface area contributed by atoms with Crippen LogP contribution in [0.1, 0.15) is 32.2 Å². The van der Waals surface area contributed by atoms with Gasteiger partial charge in [-0.3, -0.25) is 9.59 Å². The number of hydrogen-bond acceptors (Lipinski definition) is 6. The Bertz CT molecular complexity index is 1050. The van der Waals surface area contributed by atoms with E-state index in [4.69, 9.17) is 24.4 Å². The molecule has 0 saturated heterocycles. The van der Waals surface area contributed by atoms with Crippen LogP contribution in [0.25, 0.3) is 0 Å². The Morgan fingerprint density at radius 2 is 1.63 bits per heavy atom. The van der Waals surface area contributed by atoms with Crippen molar-refractivity contribution in [3.05, 3.63) is 71.2 Å². The first-order valence-electron chi connectivity index (χ1n) is 9.04. The lowest BCUT2D eigenvalue weighted by molar-refractivity contribution is 0.0995. The van der Waals surface area contributed by atoms with Crippen molar-refractivity contribution < 1.29 is 28.2 Å². The number of amides is 2. The van der Waals surface area contributed by atoms with E-state index in [1.54, 1.807) is 63.8 Å². The number of rotatable bonds is 8. The van der Waals surface area contributed by atoms with Crippen molar-refractivity contribution in [2.45, 2.75) is 6.42 Å². The van der Waals surface area contributed by atoms with Gasteiger partial charge in [-0.2, -0.15) is 0 Å². The summed E-state index contributed by atoms with van der Waals surface area (Å²) in [4.78, 5) is 24.1. The quantitative estimate of drug-likeness (QED) is 0.589. The van der Waals surface area contributed by atoms with Crippen LogP contribution in [0, 0.1) is 0 Å². The van der Waals surface area contributed by atoms with Gasteiger partial charge in [0.1, 0.15) is 23.0 Å². The first-order valence-corrected chi connectivity index (χ1v) is 9.04. The van der Waals surface area contributed by atoms with E-state index >= 15 is 0 Å². The molecule has 0 aliphatic rings. The Morgan fingerprint density at radius 1 is 0.967 bits per heavy atom. The van der Waals surface area contributed by atoms with Crippen molar-refractivity contribution in [3.8, 4) is 17.2 Å². The number of ether oxygens (including phenoxy) is 3.